The molecule has 1 fully saturated rings. The maximum atomic E-state index is 13.6. The number of amides is 2. The third-order valence-corrected chi connectivity index (χ3v) is 3.44. The van der Waals surface area contributed by atoms with E-state index in [0.29, 0.717) is 18.7 Å². The molecule has 1 aromatic rings. The summed E-state index contributed by atoms with van der Waals surface area (Å²) in [4.78, 5) is 13.4. The van der Waals surface area contributed by atoms with Crippen LogP contribution in [0.25, 0.3) is 0 Å². The summed E-state index contributed by atoms with van der Waals surface area (Å²) in [6.45, 7) is 2.67. The molecule has 19 heavy (non-hydrogen) atoms. The number of benzene rings is 1. The van der Waals surface area contributed by atoms with Gasteiger partial charge in [0, 0.05) is 25.0 Å². The van der Waals surface area contributed by atoms with E-state index in [0.717, 1.165) is 6.42 Å². The van der Waals surface area contributed by atoms with Gasteiger partial charge in [-0.2, -0.15) is 0 Å². The van der Waals surface area contributed by atoms with Gasteiger partial charge in [0.25, 0.3) is 0 Å². The van der Waals surface area contributed by atoms with Crippen molar-refractivity contribution in [3.63, 3.8) is 0 Å². The summed E-state index contributed by atoms with van der Waals surface area (Å²) in [5, 5.41) is 11.7. The van der Waals surface area contributed by atoms with E-state index in [1.807, 2.05) is 6.92 Å². The van der Waals surface area contributed by atoms with E-state index in [9.17, 15) is 9.18 Å². The predicted octanol–water partition coefficient (Wildman–Crippen LogP) is 1.71. The maximum absolute atomic E-state index is 13.6. The van der Waals surface area contributed by atoms with Crippen LogP contribution in [0.3, 0.4) is 0 Å². The fourth-order valence-corrected chi connectivity index (χ4v) is 2.25. The van der Waals surface area contributed by atoms with E-state index >= 15 is 0 Å². The van der Waals surface area contributed by atoms with Gasteiger partial charge in [0.2, 0.25) is 0 Å². The van der Waals surface area contributed by atoms with Crippen molar-refractivity contribution in [1.82, 2.24) is 10.2 Å². The van der Waals surface area contributed by atoms with Gasteiger partial charge in [0.05, 0.1) is 6.61 Å². The summed E-state index contributed by atoms with van der Waals surface area (Å²) in [7, 11) is 0. The van der Waals surface area contributed by atoms with Crippen LogP contribution in [0.5, 0.6) is 0 Å². The molecule has 0 radical (unpaired) electrons. The molecule has 0 heterocycles. The summed E-state index contributed by atoms with van der Waals surface area (Å²) in [6, 6.07) is 6.47. The molecule has 1 saturated carbocycles. The van der Waals surface area contributed by atoms with Gasteiger partial charge in [-0.15, -0.1) is 0 Å². The molecule has 2 rings (SSSR count). The molecular formula is C14H19FN2O2. The Bertz CT molecular complexity index is 453. The lowest BCUT2D eigenvalue weighted by Gasteiger charge is -2.20. The van der Waals surface area contributed by atoms with Gasteiger partial charge in [-0.1, -0.05) is 18.2 Å². The Morgan fingerprint density at radius 2 is 2.26 bits per heavy atom. The number of carbonyl (C=O) groups excluding carboxylic acids is 1. The lowest BCUT2D eigenvalue weighted by Crippen LogP contribution is -2.42. The Labute approximate surface area is 112 Å². The number of hydrogen-bond donors (Lipinski definition) is 2. The molecule has 0 bridgehead atoms. The molecule has 104 valence electrons. The van der Waals surface area contributed by atoms with Gasteiger partial charge in [0.15, 0.2) is 0 Å². The Morgan fingerprint density at radius 3 is 2.89 bits per heavy atom. The van der Waals surface area contributed by atoms with Crippen molar-refractivity contribution in [2.75, 3.05) is 19.7 Å². The molecule has 2 unspecified atom stereocenters. The lowest BCUT2D eigenvalue weighted by molar-refractivity contribution is 0.180. The van der Waals surface area contributed by atoms with Crippen LogP contribution in [0, 0.1) is 5.82 Å². The number of halogens is 1. The van der Waals surface area contributed by atoms with E-state index < -0.39 is 0 Å². The molecule has 1 aromatic carbocycles. The van der Waals surface area contributed by atoms with Crippen LogP contribution >= 0.6 is 0 Å². The first-order valence-corrected chi connectivity index (χ1v) is 6.58. The molecule has 0 spiro atoms. The molecule has 2 N–H and O–H groups in total. The van der Waals surface area contributed by atoms with Crippen molar-refractivity contribution in [2.45, 2.75) is 25.3 Å². The summed E-state index contributed by atoms with van der Waals surface area (Å²) in [6.07, 6.45) is 0.767. The minimum atomic E-state index is -0.216. The fourth-order valence-electron chi connectivity index (χ4n) is 2.25. The first-order chi connectivity index (χ1) is 9.17. The van der Waals surface area contributed by atoms with Crippen molar-refractivity contribution in [1.29, 1.82) is 0 Å². The average molecular weight is 266 g/mol. The molecule has 5 heteroatoms. The van der Waals surface area contributed by atoms with Crippen LogP contribution in [0.2, 0.25) is 0 Å². The zero-order valence-electron chi connectivity index (χ0n) is 11.0. The second-order valence-electron chi connectivity index (χ2n) is 4.72. The molecule has 2 atom stereocenters. The van der Waals surface area contributed by atoms with Crippen LogP contribution in [0.1, 0.15) is 24.8 Å². The Hall–Kier alpha value is -1.62. The highest BCUT2D eigenvalue weighted by atomic mass is 19.1. The number of likely N-dealkylation sites (N-methyl/N-ethyl adjacent to an activating group) is 1. The molecule has 4 nitrogen and oxygen atoms in total. The minimum absolute atomic E-state index is 0.00265. The average Bonchev–Trinajstić information content (AvgIpc) is 3.15. The molecule has 1 aliphatic carbocycles. The van der Waals surface area contributed by atoms with E-state index in [1.54, 1.807) is 18.2 Å². The summed E-state index contributed by atoms with van der Waals surface area (Å²) in [5.74, 6) is -0.148. The topological polar surface area (TPSA) is 52.6 Å². The zero-order valence-corrected chi connectivity index (χ0v) is 11.0. The monoisotopic (exact) mass is 266 g/mol. The SMILES string of the molecule is CCN(CCO)C(=O)NC1CC1c1ccccc1F. The van der Waals surface area contributed by atoms with Crippen molar-refractivity contribution in [3.05, 3.63) is 35.6 Å². The standard InChI is InChI=1S/C14H19FN2O2/c1-2-17(7-8-18)14(19)16-13-9-11(13)10-5-3-4-6-12(10)15/h3-6,11,13,18H,2,7-9H2,1H3,(H,16,19). The van der Waals surface area contributed by atoms with Gasteiger partial charge in [0.1, 0.15) is 5.82 Å². The van der Waals surface area contributed by atoms with Crippen LogP contribution in [-0.4, -0.2) is 41.8 Å². The van der Waals surface area contributed by atoms with Gasteiger partial charge in [-0.3, -0.25) is 0 Å². The summed E-state index contributed by atoms with van der Waals surface area (Å²) >= 11 is 0. The van der Waals surface area contributed by atoms with Crippen LogP contribution in [-0.2, 0) is 0 Å². The van der Waals surface area contributed by atoms with E-state index in [2.05, 4.69) is 5.32 Å². The lowest BCUT2D eigenvalue weighted by atomic mass is 10.1. The number of aliphatic hydroxyl groups excluding tert-OH is 1. The van der Waals surface area contributed by atoms with Crippen molar-refractivity contribution in [3.8, 4) is 0 Å². The number of aliphatic hydroxyl groups is 1. The van der Waals surface area contributed by atoms with Gasteiger partial charge >= 0.3 is 6.03 Å². The zero-order chi connectivity index (χ0) is 13.8. The smallest absolute Gasteiger partial charge is 0.317 e. The van der Waals surface area contributed by atoms with Gasteiger partial charge in [-0.25, -0.2) is 9.18 Å². The highest BCUT2D eigenvalue weighted by Crippen LogP contribution is 2.41. The predicted molar refractivity (Wildman–Crippen MR) is 70.4 cm³/mol. The first-order valence-electron chi connectivity index (χ1n) is 6.58. The Morgan fingerprint density at radius 1 is 1.53 bits per heavy atom. The molecule has 1 aliphatic rings. The van der Waals surface area contributed by atoms with Crippen LogP contribution < -0.4 is 5.32 Å². The number of urea groups is 1. The van der Waals surface area contributed by atoms with Gasteiger partial charge in [-0.05, 0) is 25.0 Å². The second kappa shape index (κ2) is 6.02. The number of nitrogens with one attached hydrogen (secondary N) is 1. The summed E-state index contributed by atoms with van der Waals surface area (Å²) in [5.41, 5.74) is 0.665. The van der Waals surface area contributed by atoms with E-state index in [-0.39, 0.29) is 30.4 Å². The third-order valence-electron chi connectivity index (χ3n) is 3.44. The number of carbonyl (C=O) groups is 1. The molecule has 0 aromatic heterocycles. The third kappa shape index (κ3) is 3.23. The highest BCUT2D eigenvalue weighted by Gasteiger charge is 2.41. The largest absolute Gasteiger partial charge is 0.395 e. The Kier molecular flexibility index (Phi) is 4.37. The quantitative estimate of drug-likeness (QED) is 0.852. The number of rotatable bonds is 5. The second-order valence-corrected chi connectivity index (χ2v) is 4.72. The van der Waals surface area contributed by atoms with Crippen molar-refractivity contribution >= 4 is 6.03 Å². The van der Waals surface area contributed by atoms with Crippen molar-refractivity contribution in [2.24, 2.45) is 0 Å². The number of hydrogen-bond acceptors (Lipinski definition) is 2. The molecule has 0 saturated heterocycles. The first kappa shape index (κ1) is 13.8. The maximum Gasteiger partial charge on any atom is 0.317 e. The summed E-state index contributed by atoms with van der Waals surface area (Å²) < 4.78 is 13.6. The van der Waals surface area contributed by atoms with E-state index in [4.69, 9.17) is 5.11 Å². The van der Waals surface area contributed by atoms with Gasteiger partial charge < -0.3 is 15.3 Å². The van der Waals surface area contributed by atoms with E-state index in [1.165, 1.54) is 11.0 Å². The van der Waals surface area contributed by atoms with Crippen LogP contribution in [0.15, 0.2) is 24.3 Å². The number of nitrogens with zero attached hydrogens (tertiary/aromatic N) is 1. The molecular weight excluding hydrogens is 247 g/mol. The van der Waals surface area contributed by atoms with Crippen LogP contribution in [0.4, 0.5) is 9.18 Å². The molecule has 2 amide bonds. The highest BCUT2D eigenvalue weighted by molar-refractivity contribution is 5.75. The minimum Gasteiger partial charge on any atom is -0.395 e. The normalized spacial score (nSPS) is 21.0. The Balaban J connectivity index is 1.90. The fraction of sp³-hybridized carbons (Fsp3) is 0.500. The molecule has 0 aliphatic heterocycles. The van der Waals surface area contributed by atoms with Crippen molar-refractivity contribution < 1.29 is 14.3 Å².